The molecule has 2 aromatic carbocycles. The van der Waals surface area contributed by atoms with E-state index < -0.39 is 11.8 Å². The lowest BCUT2D eigenvalue weighted by molar-refractivity contribution is -0.141. The van der Waals surface area contributed by atoms with Gasteiger partial charge in [0.2, 0.25) is 0 Å². The van der Waals surface area contributed by atoms with Gasteiger partial charge >= 0.3 is 5.97 Å². The van der Waals surface area contributed by atoms with Gasteiger partial charge in [0.05, 0.1) is 12.3 Å². The fourth-order valence-electron chi connectivity index (χ4n) is 3.34. The minimum atomic E-state index is -0.462. The highest BCUT2D eigenvalue weighted by molar-refractivity contribution is 6.31. The SMILES string of the molecule is CCOC(=O)CN=C(c1ccccc1F)c1cc(Cl)ccc1NC1CCNCC1. The molecule has 1 heterocycles. The smallest absolute Gasteiger partial charge is 0.327 e. The maximum atomic E-state index is 14.6. The van der Waals surface area contributed by atoms with E-state index in [1.54, 1.807) is 37.3 Å². The number of piperidine rings is 1. The van der Waals surface area contributed by atoms with Crippen LogP contribution in [0.25, 0.3) is 0 Å². The van der Waals surface area contributed by atoms with Crippen LogP contribution in [-0.2, 0) is 9.53 Å². The Morgan fingerprint density at radius 2 is 2.00 bits per heavy atom. The van der Waals surface area contributed by atoms with Crippen LogP contribution in [0.3, 0.4) is 0 Å². The van der Waals surface area contributed by atoms with Gasteiger partial charge < -0.3 is 15.4 Å². The molecule has 29 heavy (non-hydrogen) atoms. The molecular formula is C22H25ClFN3O2. The summed E-state index contributed by atoms with van der Waals surface area (Å²) in [5, 5.41) is 7.39. The van der Waals surface area contributed by atoms with Gasteiger partial charge in [-0.25, -0.2) is 4.39 Å². The van der Waals surface area contributed by atoms with Crippen LogP contribution >= 0.6 is 11.6 Å². The number of carbonyl (C=O) groups is 1. The van der Waals surface area contributed by atoms with Crippen LogP contribution in [0.2, 0.25) is 5.02 Å². The molecule has 1 fully saturated rings. The molecule has 0 amide bonds. The van der Waals surface area contributed by atoms with E-state index in [-0.39, 0.29) is 13.2 Å². The van der Waals surface area contributed by atoms with E-state index in [1.165, 1.54) is 6.07 Å². The molecular weight excluding hydrogens is 393 g/mol. The molecule has 0 aliphatic carbocycles. The molecule has 0 radical (unpaired) electrons. The summed E-state index contributed by atoms with van der Waals surface area (Å²) in [5.74, 6) is -0.876. The number of benzene rings is 2. The quantitative estimate of drug-likeness (QED) is 0.527. The van der Waals surface area contributed by atoms with Crippen molar-refractivity contribution < 1.29 is 13.9 Å². The predicted octanol–water partition coefficient (Wildman–Crippen LogP) is 4.04. The lowest BCUT2D eigenvalue weighted by atomic mass is 9.98. The van der Waals surface area contributed by atoms with Gasteiger partial charge in [0.25, 0.3) is 0 Å². The third-order valence-electron chi connectivity index (χ3n) is 4.74. The van der Waals surface area contributed by atoms with E-state index >= 15 is 0 Å². The zero-order valence-electron chi connectivity index (χ0n) is 16.4. The molecule has 0 unspecified atom stereocenters. The van der Waals surface area contributed by atoms with Crippen LogP contribution in [0.4, 0.5) is 10.1 Å². The van der Waals surface area contributed by atoms with E-state index in [0.29, 0.717) is 27.9 Å². The Labute approximate surface area is 175 Å². The van der Waals surface area contributed by atoms with Crippen molar-refractivity contribution in [3.63, 3.8) is 0 Å². The maximum Gasteiger partial charge on any atom is 0.327 e. The fraction of sp³-hybridized carbons (Fsp3) is 0.364. The standard InChI is InChI=1S/C22H25ClFN3O2/c1-2-29-21(28)14-26-22(17-5-3-4-6-19(17)24)18-13-15(23)7-8-20(18)27-16-9-11-25-12-10-16/h3-8,13,16,25,27H,2,9-12,14H2,1H3. The van der Waals surface area contributed by atoms with Gasteiger partial charge in [0.1, 0.15) is 12.4 Å². The molecule has 5 nitrogen and oxygen atoms in total. The van der Waals surface area contributed by atoms with E-state index in [1.807, 2.05) is 6.07 Å². The summed E-state index contributed by atoms with van der Waals surface area (Å²) >= 11 is 6.27. The van der Waals surface area contributed by atoms with Crippen molar-refractivity contribution >= 4 is 29.0 Å². The number of carbonyl (C=O) groups excluding carboxylic acids is 1. The lowest BCUT2D eigenvalue weighted by Crippen LogP contribution is -2.35. The molecule has 2 N–H and O–H groups in total. The molecule has 1 aliphatic heterocycles. The van der Waals surface area contributed by atoms with Crippen molar-refractivity contribution in [2.75, 3.05) is 31.6 Å². The first-order valence-electron chi connectivity index (χ1n) is 9.80. The Hall–Kier alpha value is -2.44. The molecule has 0 atom stereocenters. The van der Waals surface area contributed by atoms with Crippen molar-refractivity contribution in [3.8, 4) is 0 Å². The number of esters is 1. The number of nitrogens with zero attached hydrogens (tertiary/aromatic N) is 1. The summed E-state index contributed by atoms with van der Waals surface area (Å²) in [4.78, 5) is 16.3. The Kier molecular flexibility index (Phi) is 7.61. The van der Waals surface area contributed by atoms with E-state index in [4.69, 9.17) is 16.3 Å². The molecule has 3 rings (SSSR count). The maximum absolute atomic E-state index is 14.6. The van der Waals surface area contributed by atoms with Crippen molar-refractivity contribution in [1.29, 1.82) is 0 Å². The highest BCUT2D eigenvalue weighted by atomic mass is 35.5. The topological polar surface area (TPSA) is 62.7 Å². The summed E-state index contributed by atoms with van der Waals surface area (Å²) in [6, 6.07) is 12.1. The predicted molar refractivity (Wildman–Crippen MR) is 115 cm³/mol. The highest BCUT2D eigenvalue weighted by Gasteiger charge is 2.20. The van der Waals surface area contributed by atoms with Gasteiger partial charge in [-0.2, -0.15) is 0 Å². The first-order valence-corrected chi connectivity index (χ1v) is 10.2. The van der Waals surface area contributed by atoms with Crippen LogP contribution < -0.4 is 10.6 Å². The van der Waals surface area contributed by atoms with E-state index in [2.05, 4.69) is 15.6 Å². The minimum absolute atomic E-state index is 0.198. The second-order valence-corrected chi connectivity index (χ2v) is 7.24. The van der Waals surface area contributed by atoms with Gasteiger partial charge in [0.15, 0.2) is 0 Å². The normalized spacial score (nSPS) is 15.2. The Bertz CT molecular complexity index is 882. The lowest BCUT2D eigenvalue weighted by Gasteiger charge is -2.26. The van der Waals surface area contributed by atoms with Crippen molar-refractivity contribution in [2.24, 2.45) is 4.99 Å². The Morgan fingerprint density at radius 3 is 2.72 bits per heavy atom. The number of anilines is 1. The summed E-state index contributed by atoms with van der Waals surface area (Å²) in [5.41, 5.74) is 2.15. The largest absolute Gasteiger partial charge is 0.465 e. The van der Waals surface area contributed by atoms with Gasteiger partial charge in [-0.1, -0.05) is 23.7 Å². The first kappa shape index (κ1) is 21.3. The molecule has 1 saturated heterocycles. The molecule has 2 aromatic rings. The Morgan fingerprint density at radius 1 is 1.24 bits per heavy atom. The molecule has 0 aromatic heterocycles. The number of aliphatic imine (C=N–C) groups is 1. The monoisotopic (exact) mass is 417 g/mol. The molecule has 0 spiro atoms. The summed E-state index contributed by atoms with van der Waals surface area (Å²) in [6.45, 7) is 3.69. The number of ether oxygens (including phenoxy) is 1. The highest BCUT2D eigenvalue weighted by Crippen LogP contribution is 2.27. The summed E-state index contributed by atoms with van der Waals surface area (Å²) < 4.78 is 19.6. The van der Waals surface area contributed by atoms with E-state index in [0.717, 1.165) is 31.6 Å². The van der Waals surface area contributed by atoms with Crippen molar-refractivity contribution in [3.05, 3.63) is 64.4 Å². The second-order valence-electron chi connectivity index (χ2n) is 6.81. The number of hydrogen-bond acceptors (Lipinski definition) is 5. The van der Waals surface area contributed by atoms with Gasteiger partial charge in [-0.15, -0.1) is 0 Å². The van der Waals surface area contributed by atoms with Crippen LogP contribution in [0.5, 0.6) is 0 Å². The number of halogens is 2. The van der Waals surface area contributed by atoms with Crippen LogP contribution in [-0.4, -0.2) is 44.0 Å². The van der Waals surface area contributed by atoms with Crippen LogP contribution in [0.1, 0.15) is 30.9 Å². The number of rotatable bonds is 7. The zero-order valence-corrected chi connectivity index (χ0v) is 17.1. The number of hydrogen-bond donors (Lipinski definition) is 2. The van der Waals surface area contributed by atoms with Crippen molar-refractivity contribution in [1.82, 2.24) is 5.32 Å². The summed E-state index contributed by atoms with van der Waals surface area (Å²) in [6.07, 6.45) is 1.97. The van der Waals surface area contributed by atoms with Gasteiger partial charge in [-0.3, -0.25) is 9.79 Å². The third-order valence-corrected chi connectivity index (χ3v) is 4.97. The average Bonchev–Trinajstić information content (AvgIpc) is 2.72. The average molecular weight is 418 g/mol. The zero-order chi connectivity index (χ0) is 20.6. The minimum Gasteiger partial charge on any atom is -0.465 e. The molecule has 1 aliphatic rings. The van der Waals surface area contributed by atoms with Gasteiger partial charge in [-0.05, 0) is 63.2 Å². The van der Waals surface area contributed by atoms with Crippen molar-refractivity contribution in [2.45, 2.75) is 25.8 Å². The van der Waals surface area contributed by atoms with E-state index in [9.17, 15) is 9.18 Å². The van der Waals surface area contributed by atoms with Crippen LogP contribution in [0.15, 0.2) is 47.5 Å². The first-order chi connectivity index (χ1) is 14.1. The van der Waals surface area contributed by atoms with Crippen LogP contribution in [0, 0.1) is 5.82 Å². The molecule has 0 saturated carbocycles. The second kappa shape index (κ2) is 10.4. The Balaban J connectivity index is 2.02. The molecule has 0 bridgehead atoms. The molecule has 7 heteroatoms. The summed E-state index contributed by atoms with van der Waals surface area (Å²) in [7, 11) is 0. The molecule has 154 valence electrons. The van der Waals surface area contributed by atoms with Gasteiger partial charge in [0, 0.05) is 27.9 Å². The fourth-order valence-corrected chi connectivity index (χ4v) is 3.52. The third kappa shape index (κ3) is 5.78. The number of nitrogens with one attached hydrogen (secondary N) is 2.